The SMILES string of the molecule is CSc1c(C#N)c(N)nc2c(N=Nc3ccc(S(=O)(=O)N4CCCCC4)cc3)c(=O)[nH]n12. The van der Waals surface area contributed by atoms with Crippen LogP contribution in [0.25, 0.3) is 5.65 Å². The molecule has 0 spiro atoms. The van der Waals surface area contributed by atoms with E-state index < -0.39 is 15.6 Å². The first kappa shape index (κ1) is 22.0. The molecular formula is C19H20N8O3S2. The Morgan fingerprint density at radius 1 is 1.19 bits per heavy atom. The Morgan fingerprint density at radius 3 is 2.50 bits per heavy atom. The standard InChI is InChI=1S/C19H20N8O3S2/c1-31-19-14(11-20)16(21)22-17-15(18(28)25-27(17)19)24-23-12-5-7-13(8-6-12)32(29,30)26-9-3-2-4-10-26/h5-8H,2-4,9-10H2,1H3,(H2,21,22)(H,25,28). The van der Waals surface area contributed by atoms with E-state index in [0.29, 0.717) is 23.8 Å². The Balaban J connectivity index is 1.65. The van der Waals surface area contributed by atoms with E-state index in [9.17, 15) is 18.5 Å². The van der Waals surface area contributed by atoms with Crippen molar-refractivity contribution in [3.63, 3.8) is 0 Å². The van der Waals surface area contributed by atoms with Crippen molar-refractivity contribution >= 4 is 44.6 Å². The lowest BCUT2D eigenvalue weighted by Crippen LogP contribution is -2.35. The fourth-order valence-corrected chi connectivity index (χ4v) is 5.68. The summed E-state index contributed by atoms with van der Waals surface area (Å²) in [6, 6.07) is 7.97. The van der Waals surface area contributed by atoms with Crippen molar-refractivity contribution in [2.45, 2.75) is 29.2 Å². The van der Waals surface area contributed by atoms with Gasteiger partial charge in [-0.1, -0.05) is 6.42 Å². The number of anilines is 1. The summed E-state index contributed by atoms with van der Waals surface area (Å²) >= 11 is 1.23. The average Bonchev–Trinajstić information content (AvgIpc) is 3.12. The van der Waals surface area contributed by atoms with Crippen molar-refractivity contribution in [2.24, 2.45) is 10.2 Å². The summed E-state index contributed by atoms with van der Waals surface area (Å²) in [7, 11) is -3.54. The van der Waals surface area contributed by atoms with Crippen LogP contribution in [0.4, 0.5) is 17.2 Å². The summed E-state index contributed by atoms with van der Waals surface area (Å²) in [6.07, 6.45) is 4.50. The summed E-state index contributed by atoms with van der Waals surface area (Å²) in [5.41, 5.74) is 5.92. The quantitative estimate of drug-likeness (QED) is 0.328. The molecule has 0 atom stereocenters. The maximum atomic E-state index is 12.8. The van der Waals surface area contributed by atoms with Gasteiger partial charge in [0, 0.05) is 13.1 Å². The molecule has 1 saturated heterocycles. The van der Waals surface area contributed by atoms with Gasteiger partial charge < -0.3 is 5.73 Å². The van der Waals surface area contributed by atoms with Crippen LogP contribution in [0, 0.1) is 11.3 Å². The number of aromatic amines is 1. The third kappa shape index (κ3) is 3.88. The fourth-order valence-electron chi connectivity index (χ4n) is 3.49. The Bertz CT molecular complexity index is 1400. The lowest BCUT2D eigenvalue weighted by Gasteiger charge is -2.25. The van der Waals surface area contributed by atoms with Crippen LogP contribution in [0.5, 0.6) is 0 Å². The predicted molar refractivity (Wildman–Crippen MR) is 120 cm³/mol. The fraction of sp³-hybridized carbons (Fsp3) is 0.316. The maximum absolute atomic E-state index is 12.8. The summed E-state index contributed by atoms with van der Waals surface area (Å²) < 4.78 is 28.4. The molecule has 0 amide bonds. The molecule has 0 unspecified atom stereocenters. The summed E-state index contributed by atoms with van der Waals surface area (Å²) in [4.78, 5) is 16.7. The number of sulfonamides is 1. The van der Waals surface area contributed by atoms with Gasteiger partial charge >= 0.3 is 0 Å². The van der Waals surface area contributed by atoms with E-state index in [1.54, 1.807) is 6.26 Å². The molecule has 4 rings (SSSR count). The second kappa shape index (κ2) is 8.73. The Morgan fingerprint density at radius 2 is 1.88 bits per heavy atom. The number of nitrogens with one attached hydrogen (secondary N) is 1. The second-order valence-corrected chi connectivity index (χ2v) is 9.83. The van der Waals surface area contributed by atoms with Crippen molar-refractivity contribution < 1.29 is 8.42 Å². The van der Waals surface area contributed by atoms with Crippen LogP contribution in [0.3, 0.4) is 0 Å². The number of benzene rings is 1. The van der Waals surface area contributed by atoms with E-state index in [1.807, 2.05) is 6.07 Å². The zero-order valence-corrected chi connectivity index (χ0v) is 18.8. The van der Waals surface area contributed by atoms with Gasteiger partial charge in [0.1, 0.15) is 22.5 Å². The van der Waals surface area contributed by atoms with E-state index in [-0.39, 0.29) is 27.6 Å². The topological polar surface area (TPSA) is 162 Å². The average molecular weight is 473 g/mol. The zero-order valence-electron chi connectivity index (χ0n) is 17.1. The molecule has 3 N–H and O–H groups in total. The molecule has 0 radical (unpaired) electrons. The van der Waals surface area contributed by atoms with Crippen LogP contribution >= 0.6 is 11.8 Å². The Hall–Kier alpha value is -3.21. The number of nitrogens with zero attached hydrogens (tertiary/aromatic N) is 6. The number of nitrogens with two attached hydrogens (primary N) is 1. The number of thioether (sulfide) groups is 1. The van der Waals surface area contributed by atoms with Gasteiger partial charge in [-0.05, 0) is 43.4 Å². The molecule has 1 aromatic carbocycles. The van der Waals surface area contributed by atoms with E-state index in [0.717, 1.165) is 19.3 Å². The van der Waals surface area contributed by atoms with E-state index in [2.05, 4.69) is 20.3 Å². The molecule has 1 aliphatic heterocycles. The summed E-state index contributed by atoms with van der Waals surface area (Å²) in [5.74, 6) is -0.0143. The predicted octanol–water partition coefficient (Wildman–Crippen LogP) is 2.79. The molecule has 2 aromatic heterocycles. The molecule has 32 heavy (non-hydrogen) atoms. The van der Waals surface area contributed by atoms with Crippen LogP contribution in [0.1, 0.15) is 24.8 Å². The van der Waals surface area contributed by atoms with Crippen LogP contribution in [0.15, 0.2) is 49.2 Å². The molecule has 13 heteroatoms. The molecular weight excluding hydrogens is 452 g/mol. The lowest BCUT2D eigenvalue weighted by atomic mass is 10.2. The van der Waals surface area contributed by atoms with Crippen LogP contribution < -0.4 is 11.3 Å². The Kier molecular flexibility index (Phi) is 6.00. The number of azo groups is 1. The third-order valence-corrected chi connectivity index (χ3v) is 7.80. The number of H-pyrrole nitrogens is 1. The molecule has 1 fully saturated rings. The molecule has 3 heterocycles. The third-order valence-electron chi connectivity index (χ3n) is 5.11. The first-order valence-electron chi connectivity index (χ1n) is 9.77. The second-order valence-electron chi connectivity index (χ2n) is 7.10. The van der Waals surface area contributed by atoms with Crippen molar-refractivity contribution in [1.82, 2.24) is 18.9 Å². The number of piperidine rings is 1. The van der Waals surface area contributed by atoms with Gasteiger partial charge in [0.05, 0.1) is 10.6 Å². The zero-order chi connectivity index (χ0) is 22.9. The van der Waals surface area contributed by atoms with Gasteiger partial charge in [-0.2, -0.15) is 14.7 Å². The van der Waals surface area contributed by atoms with Crippen LogP contribution in [0.2, 0.25) is 0 Å². The number of aromatic nitrogens is 3. The minimum absolute atomic E-state index is 0.0143. The normalized spacial score (nSPS) is 15.4. The van der Waals surface area contributed by atoms with Gasteiger partial charge in [0.25, 0.3) is 5.56 Å². The van der Waals surface area contributed by atoms with Gasteiger partial charge in [-0.15, -0.1) is 16.9 Å². The molecule has 0 saturated carbocycles. The maximum Gasteiger partial charge on any atom is 0.294 e. The van der Waals surface area contributed by atoms with Crippen LogP contribution in [-0.4, -0.2) is 46.7 Å². The number of hydrogen-bond acceptors (Lipinski definition) is 9. The molecule has 11 nitrogen and oxygen atoms in total. The van der Waals surface area contributed by atoms with Crippen molar-refractivity contribution in [2.75, 3.05) is 25.1 Å². The summed E-state index contributed by atoms with van der Waals surface area (Å²) in [6.45, 7) is 1.05. The van der Waals surface area contributed by atoms with Gasteiger partial charge in [-0.25, -0.2) is 17.9 Å². The monoisotopic (exact) mass is 472 g/mol. The summed E-state index contributed by atoms with van der Waals surface area (Å²) in [5, 5.41) is 20.4. The number of nitrogen functional groups attached to an aromatic ring is 1. The van der Waals surface area contributed by atoms with E-state index >= 15 is 0 Å². The largest absolute Gasteiger partial charge is 0.382 e. The highest BCUT2D eigenvalue weighted by molar-refractivity contribution is 7.98. The molecule has 0 bridgehead atoms. The molecule has 166 valence electrons. The number of rotatable bonds is 5. The minimum atomic E-state index is -3.54. The highest BCUT2D eigenvalue weighted by Gasteiger charge is 2.25. The Labute approximate surface area is 188 Å². The van der Waals surface area contributed by atoms with Gasteiger partial charge in [-0.3, -0.25) is 9.89 Å². The molecule has 3 aromatic rings. The minimum Gasteiger partial charge on any atom is -0.382 e. The van der Waals surface area contributed by atoms with E-state index in [4.69, 9.17) is 5.73 Å². The van der Waals surface area contributed by atoms with Gasteiger partial charge in [0.15, 0.2) is 11.3 Å². The van der Waals surface area contributed by atoms with Crippen LogP contribution in [-0.2, 0) is 10.0 Å². The number of nitriles is 1. The highest BCUT2D eigenvalue weighted by atomic mass is 32.2. The van der Waals surface area contributed by atoms with E-state index in [1.165, 1.54) is 44.8 Å². The smallest absolute Gasteiger partial charge is 0.294 e. The van der Waals surface area contributed by atoms with Crippen molar-refractivity contribution in [1.29, 1.82) is 5.26 Å². The molecule has 1 aliphatic rings. The number of fused-ring (bicyclic) bond motifs is 1. The molecule has 0 aliphatic carbocycles. The first-order chi connectivity index (χ1) is 15.4. The first-order valence-corrected chi connectivity index (χ1v) is 12.4. The van der Waals surface area contributed by atoms with Crippen molar-refractivity contribution in [3.05, 3.63) is 40.2 Å². The highest BCUT2D eigenvalue weighted by Crippen LogP contribution is 2.28. The van der Waals surface area contributed by atoms with Crippen molar-refractivity contribution in [3.8, 4) is 6.07 Å². The lowest BCUT2D eigenvalue weighted by molar-refractivity contribution is 0.346. The number of hydrogen-bond donors (Lipinski definition) is 2. The van der Waals surface area contributed by atoms with Gasteiger partial charge in [0.2, 0.25) is 10.0 Å².